The average Bonchev–Trinajstić information content (AvgIpc) is 2.01. The summed E-state index contributed by atoms with van der Waals surface area (Å²) in [5.74, 6) is -1.00. The highest BCUT2D eigenvalue weighted by atomic mass is 16.4. The van der Waals surface area contributed by atoms with Gasteiger partial charge in [-0.1, -0.05) is 6.07 Å². The van der Waals surface area contributed by atoms with E-state index in [4.69, 9.17) is 16.6 Å². The van der Waals surface area contributed by atoms with E-state index in [9.17, 15) is 4.79 Å². The van der Waals surface area contributed by atoms with Crippen LogP contribution in [0.2, 0.25) is 0 Å². The minimum Gasteiger partial charge on any atom is -0.478 e. The molecule has 0 saturated carbocycles. The molecule has 4 nitrogen and oxygen atoms in total. The Kier molecular flexibility index (Phi) is 3.09. The minimum absolute atomic E-state index is 0.0464. The van der Waals surface area contributed by atoms with E-state index >= 15 is 0 Å². The third kappa shape index (κ3) is 2.47. The highest BCUT2D eigenvalue weighted by Crippen LogP contribution is 2.15. The van der Waals surface area contributed by atoms with Crippen LogP contribution in [0.4, 0.5) is 5.69 Å². The van der Waals surface area contributed by atoms with Crippen molar-refractivity contribution >= 4 is 11.7 Å². The van der Waals surface area contributed by atoms with Crippen molar-refractivity contribution in [3.63, 3.8) is 0 Å². The number of nitrogen functional groups attached to an aromatic ring is 1. The predicted octanol–water partition coefficient (Wildman–Crippen LogP) is 0.857. The first-order valence-corrected chi connectivity index (χ1v) is 4.38. The molecule has 14 heavy (non-hydrogen) atoms. The van der Waals surface area contributed by atoms with Crippen molar-refractivity contribution in [1.29, 1.82) is 0 Å². The van der Waals surface area contributed by atoms with Gasteiger partial charge in [0.1, 0.15) is 0 Å². The Bertz CT molecular complexity index is 348. The SMILES string of the molecule is C[C@@H](N)Cc1ccc(C(=O)O)c(N)c1. The van der Waals surface area contributed by atoms with Gasteiger partial charge in [-0.3, -0.25) is 0 Å². The third-order valence-electron chi connectivity index (χ3n) is 1.90. The number of carboxylic acids is 1. The molecular weight excluding hydrogens is 180 g/mol. The van der Waals surface area contributed by atoms with Gasteiger partial charge in [0.2, 0.25) is 0 Å². The molecule has 0 aromatic heterocycles. The molecule has 0 fully saturated rings. The van der Waals surface area contributed by atoms with Crippen molar-refractivity contribution in [2.24, 2.45) is 5.73 Å². The van der Waals surface area contributed by atoms with Crippen LogP contribution in [0.15, 0.2) is 18.2 Å². The number of nitrogens with two attached hydrogens (primary N) is 2. The maximum absolute atomic E-state index is 10.7. The molecule has 1 aromatic rings. The standard InChI is InChI=1S/C10H14N2O2/c1-6(11)4-7-2-3-8(10(13)14)9(12)5-7/h2-3,5-6H,4,11-12H2,1H3,(H,13,14)/t6-/m1/s1. The molecule has 1 rings (SSSR count). The molecule has 0 aliphatic carbocycles. The van der Waals surface area contributed by atoms with Gasteiger partial charge in [0.15, 0.2) is 0 Å². The van der Waals surface area contributed by atoms with Crippen molar-refractivity contribution in [3.8, 4) is 0 Å². The van der Waals surface area contributed by atoms with Crippen LogP contribution in [0, 0.1) is 0 Å². The first-order chi connectivity index (χ1) is 6.50. The van der Waals surface area contributed by atoms with Crippen LogP contribution in [0.5, 0.6) is 0 Å². The van der Waals surface area contributed by atoms with Gasteiger partial charge < -0.3 is 16.6 Å². The van der Waals surface area contributed by atoms with Crippen LogP contribution >= 0.6 is 0 Å². The Morgan fingerprint density at radius 2 is 2.21 bits per heavy atom. The molecule has 1 atom stereocenters. The van der Waals surface area contributed by atoms with Crippen LogP contribution in [-0.2, 0) is 6.42 Å². The first kappa shape index (κ1) is 10.5. The molecule has 0 amide bonds. The van der Waals surface area contributed by atoms with Gasteiger partial charge in [-0.15, -0.1) is 0 Å². The third-order valence-corrected chi connectivity index (χ3v) is 1.90. The molecule has 0 aliphatic rings. The van der Waals surface area contributed by atoms with Gasteiger partial charge in [-0.2, -0.15) is 0 Å². The quantitative estimate of drug-likeness (QED) is 0.622. The zero-order valence-electron chi connectivity index (χ0n) is 8.03. The van der Waals surface area contributed by atoms with Crippen LogP contribution < -0.4 is 11.5 Å². The molecule has 0 bridgehead atoms. The molecule has 0 heterocycles. The largest absolute Gasteiger partial charge is 0.478 e. The number of hydrogen-bond acceptors (Lipinski definition) is 3. The number of hydrogen-bond donors (Lipinski definition) is 3. The Balaban J connectivity index is 2.94. The molecule has 0 radical (unpaired) electrons. The van der Waals surface area contributed by atoms with E-state index in [1.165, 1.54) is 6.07 Å². The predicted molar refractivity (Wildman–Crippen MR) is 55.2 cm³/mol. The lowest BCUT2D eigenvalue weighted by Gasteiger charge is -2.07. The number of aromatic carboxylic acids is 1. The van der Waals surface area contributed by atoms with Gasteiger partial charge in [-0.25, -0.2) is 4.79 Å². The van der Waals surface area contributed by atoms with Crippen molar-refractivity contribution in [2.75, 3.05) is 5.73 Å². The van der Waals surface area contributed by atoms with E-state index in [1.54, 1.807) is 12.1 Å². The van der Waals surface area contributed by atoms with E-state index in [2.05, 4.69) is 0 Å². The summed E-state index contributed by atoms with van der Waals surface area (Å²) in [7, 11) is 0. The van der Waals surface area contributed by atoms with Gasteiger partial charge >= 0.3 is 5.97 Å². The zero-order valence-corrected chi connectivity index (χ0v) is 8.03. The fourth-order valence-corrected chi connectivity index (χ4v) is 1.31. The van der Waals surface area contributed by atoms with Crippen molar-refractivity contribution in [3.05, 3.63) is 29.3 Å². The smallest absolute Gasteiger partial charge is 0.337 e. The molecule has 0 spiro atoms. The number of benzene rings is 1. The van der Waals surface area contributed by atoms with Gasteiger partial charge in [0, 0.05) is 11.7 Å². The van der Waals surface area contributed by atoms with Crippen molar-refractivity contribution < 1.29 is 9.90 Å². The normalized spacial score (nSPS) is 12.4. The molecule has 5 N–H and O–H groups in total. The Hall–Kier alpha value is -1.55. The molecule has 0 unspecified atom stereocenters. The first-order valence-electron chi connectivity index (χ1n) is 4.38. The Labute approximate surface area is 82.5 Å². The lowest BCUT2D eigenvalue weighted by Crippen LogP contribution is -2.18. The molecular formula is C10H14N2O2. The van der Waals surface area contributed by atoms with E-state index in [1.807, 2.05) is 6.92 Å². The fraction of sp³-hybridized carbons (Fsp3) is 0.300. The zero-order chi connectivity index (χ0) is 10.7. The van der Waals surface area contributed by atoms with Crippen LogP contribution in [0.1, 0.15) is 22.8 Å². The van der Waals surface area contributed by atoms with Crippen LogP contribution in [-0.4, -0.2) is 17.1 Å². The van der Waals surface area contributed by atoms with Crippen molar-refractivity contribution in [1.82, 2.24) is 0 Å². The van der Waals surface area contributed by atoms with E-state index < -0.39 is 5.97 Å². The van der Waals surface area contributed by atoms with E-state index in [0.29, 0.717) is 6.42 Å². The maximum atomic E-state index is 10.7. The Morgan fingerprint density at radius 1 is 1.57 bits per heavy atom. The van der Waals surface area contributed by atoms with E-state index in [-0.39, 0.29) is 17.3 Å². The monoisotopic (exact) mass is 194 g/mol. The van der Waals surface area contributed by atoms with Crippen LogP contribution in [0.25, 0.3) is 0 Å². The second-order valence-corrected chi connectivity index (χ2v) is 3.41. The summed E-state index contributed by atoms with van der Waals surface area (Å²) in [5.41, 5.74) is 12.6. The van der Waals surface area contributed by atoms with E-state index in [0.717, 1.165) is 5.56 Å². The summed E-state index contributed by atoms with van der Waals surface area (Å²) in [6.45, 7) is 1.89. The number of anilines is 1. The summed E-state index contributed by atoms with van der Waals surface area (Å²) >= 11 is 0. The Morgan fingerprint density at radius 3 is 2.64 bits per heavy atom. The highest BCUT2D eigenvalue weighted by Gasteiger charge is 2.08. The molecule has 0 saturated heterocycles. The summed E-state index contributed by atoms with van der Waals surface area (Å²) in [5, 5.41) is 8.73. The number of carboxylic acid groups (broad SMARTS) is 1. The number of rotatable bonds is 3. The average molecular weight is 194 g/mol. The number of carbonyl (C=O) groups is 1. The van der Waals surface area contributed by atoms with Gasteiger partial charge in [0.05, 0.1) is 5.56 Å². The van der Waals surface area contributed by atoms with Gasteiger partial charge in [-0.05, 0) is 31.0 Å². The van der Waals surface area contributed by atoms with Crippen molar-refractivity contribution in [2.45, 2.75) is 19.4 Å². The highest BCUT2D eigenvalue weighted by molar-refractivity contribution is 5.93. The van der Waals surface area contributed by atoms with Crippen LogP contribution in [0.3, 0.4) is 0 Å². The molecule has 76 valence electrons. The molecule has 0 aliphatic heterocycles. The molecule has 1 aromatic carbocycles. The maximum Gasteiger partial charge on any atom is 0.337 e. The molecule has 4 heteroatoms. The summed E-state index contributed by atoms with van der Waals surface area (Å²) in [6.07, 6.45) is 0.699. The summed E-state index contributed by atoms with van der Waals surface area (Å²) in [4.78, 5) is 10.7. The second kappa shape index (κ2) is 4.11. The lowest BCUT2D eigenvalue weighted by molar-refractivity contribution is 0.0698. The summed E-state index contributed by atoms with van der Waals surface area (Å²) in [6, 6.07) is 4.95. The summed E-state index contributed by atoms with van der Waals surface area (Å²) < 4.78 is 0. The fourth-order valence-electron chi connectivity index (χ4n) is 1.31. The second-order valence-electron chi connectivity index (χ2n) is 3.41. The minimum atomic E-state index is -1.00. The lowest BCUT2D eigenvalue weighted by atomic mass is 10.0. The topological polar surface area (TPSA) is 89.3 Å². The van der Waals surface area contributed by atoms with Gasteiger partial charge in [0.25, 0.3) is 0 Å².